The first-order chi connectivity index (χ1) is 11.7. The van der Waals surface area contributed by atoms with Gasteiger partial charge in [0.2, 0.25) is 0 Å². The number of ether oxygens (including phenoxy) is 2. The molecule has 0 saturated carbocycles. The summed E-state index contributed by atoms with van der Waals surface area (Å²) >= 11 is 0. The minimum atomic E-state index is 0.456. The summed E-state index contributed by atoms with van der Waals surface area (Å²) in [4.78, 5) is 2.47. The Kier molecular flexibility index (Phi) is 5.41. The first kappa shape index (κ1) is 16.8. The highest BCUT2D eigenvalue weighted by Gasteiger charge is 2.26. The average molecular weight is 325 g/mol. The topological polar surface area (TPSA) is 21.7 Å². The van der Waals surface area contributed by atoms with E-state index in [9.17, 15) is 0 Å². The van der Waals surface area contributed by atoms with Gasteiger partial charge in [-0.15, -0.1) is 0 Å². The molecule has 0 aliphatic carbocycles. The van der Waals surface area contributed by atoms with E-state index in [4.69, 9.17) is 9.47 Å². The minimum absolute atomic E-state index is 0.456. The maximum absolute atomic E-state index is 5.52. The standard InChI is InChI=1S/C21H27NO2/c1-22-13-12-17-14-20(23-2)21(24-3)15-18(17)19(22)11-7-10-16-8-5-4-6-9-16/h4-6,8-9,14-15,19H,7,10-13H2,1-3H3. The van der Waals surface area contributed by atoms with Crippen LogP contribution in [0.15, 0.2) is 42.5 Å². The lowest BCUT2D eigenvalue weighted by Gasteiger charge is -2.35. The molecule has 1 heterocycles. The van der Waals surface area contributed by atoms with E-state index < -0.39 is 0 Å². The van der Waals surface area contributed by atoms with E-state index in [-0.39, 0.29) is 0 Å². The van der Waals surface area contributed by atoms with Crippen LogP contribution in [0.25, 0.3) is 0 Å². The molecule has 0 bridgehead atoms. The Labute approximate surface area is 145 Å². The number of hydrogen-bond donors (Lipinski definition) is 0. The summed E-state index contributed by atoms with van der Waals surface area (Å²) in [5, 5.41) is 0. The lowest BCUT2D eigenvalue weighted by molar-refractivity contribution is 0.215. The quantitative estimate of drug-likeness (QED) is 0.792. The van der Waals surface area contributed by atoms with Crippen molar-refractivity contribution >= 4 is 0 Å². The third-order valence-corrected chi connectivity index (χ3v) is 5.06. The third-order valence-electron chi connectivity index (χ3n) is 5.06. The van der Waals surface area contributed by atoms with Crippen molar-refractivity contribution in [2.45, 2.75) is 31.7 Å². The fourth-order valence-electron chi connectivity index (χ4n) is 3.67. The number of likely N-dealkylation sites (N-methyl/N-ethyl adjacent to an activating group) is 1. The van der Waals surface area contributed by atoms with Gasteiger partial charge in [-0.1, -0.05) is 30.3 Å². The molecule has 3 nitrogen and oxygen atoms in total. The van der Waals surface area contributed by atoms with E-state index in [0.717, 1.165) is 37.3 Å². The molecule has 24 heavy (non-hydrogen) atoms. The third kappa shape index (κ3) is 3.57. The smallest absolute Gasteiger partial charge is 0.161 e. The molecule has 0 spiro atoms. The minimum Gasteiger partial charge on any atom is -0.493 e. The van der Waals surface area contributed by atoms with Crippen LogP contribution in [-0.2, 0) is 12.8 Å². The Bertz CT molecular complexity index is 669. The van der Waals surface area contributed by atoms with Gasteiger partial charge >= 0.3 is 0 Å². The first-order valence-electron chi connectivity index (χ1n) is 8.72. The summed E-state index contributed by atoms with van der Waals surface area (Å²) in [5.74, 6) is 1.67. The number of fused-ring (bicyclic) bond motifs is 1. The van der Waals surface area contributed by atoms with Gasteiger partial charge in [0.15, 0.2) is 11.5 Å². The summed E-state index contributed by atoms with van der Waals surface area (Å²) in [7, 11) is 5.64. The molecule has 0 fully saturated rings. The molecule has 2 aromatic carbocycles. The largest absolute Gasteiger partial charge is 0.493 e. The molecule has 0 aromatic heterocycles. The van der Waals surface area contributed by atoms with Gasteiger partial charge in [0.05, 0.1) is 14.2 Å². The van der Waals surface area contributed by atoms with Gasteiger partial charge in [-0.3, -0.25) is 4.90 Å². The van der Waals surface area contributed by atoms with Gasteiger partial charge < -0.3 is 9.47 Å². The SMILES string of the molecule is COc1cc2c(cc1OC)C(CCCc1ccccc1)N(C)CC2. The second-order valence-corrected chi connectivity index (χ2v) is 6.53. The average Bonchev–Trinajstić information content (AvgIpc) is 2.63. The molecule has 2 aromatic rings. The lowest BCUT2D eigenvalue weighted by Crippen LogP contribution is -2.32. The van der Waals surface area contributed by atoms with Gasteiger partial charge in [-0.2, -0.15) is 0 Å². The monoisotopic (exact) mass is 325 g/mol. The van der Waals surface area contributed by atoms with Crippen LogP contribution in [0, 0.1) is 0 Å². The van der Waals surface area contributed by atoms with Gasteiger partial charge in [0.25, 0.3) is 0 Å². The summed E-state index contributed by atoms with van der Waals surface area (Å²) < 4.78 is 11.0. The van der Waals surface area contributed by atoms with Gasteiger partial charge in [0, 0.05) is 12.6 Å². The Hall–Kier alpha value is -2.00. The number of hydrogen-bond acceptors (Lipinski definition) is 3. The Morgan fingerprint density at radius 3 is 2.46 bits per heavy atom. The fourth-order valence-corrected chi connectivity index (χ4v) is 3.67. The molecule has 128 valence electrons. The van der Waals surface area contributed by atoms with Crippen LogP contribution < -0.4 is 9.47 Å². The molecule has 1 aliphatic heterocycles. The maximum Gasteiger partial charge on any atom is 0.161 e. The van der Waals surface area contributed by atoms with E-state index >= 15 is 0 Å². The van der Waals surface area contributed by atoms with Crippen LogP contribution in [0.5, 0.6) is 11.5 Å². The Balaban J connectivity index is 1.76. The second kappa shape index (κ2) is 7.71. The predicted octanol–water partition coefficient (Wildman–Crippen LogP) is 4.26. The van der Waals surface area contributed by atoms with E-state index in [1.165, 1.54) is 23.1 Å². The van der Waals surface area contributed by atoms with Crippen LogP contribution in [-0.4, -0.2) is 32.7 Å². The molecule has 1 unspecified atom stereocenters. The summed E-state index contributed by atoms with van der Waals surface area (Å²) in [5.41, 5.74) is 4.22. The Morgan fingerprint density at radius 1 is 1.04 bits per heavy atom. The summed E-state index contributed by atoms with van der Waals surface area (Å²) in [6.07, 6.45) is 4.55. The maximum atomic E-state index is 5.52. The second-order valence-electron chi connectivity index (χ2n) is 6.53. The molecule has 0 saturated heterocycles. The van der Waals surface area contributed by atoms with Crippen LogP contribution >= 0.6 is 0 Å². The number of methoxy groups -OCH3 is 2. The summed E-state index contributed by atoms with van der Waals surface area (Å²) in [6.45, 7) is 1.10. The molecular weight excluding hydrogens is 298 g/mol. The molecule has 3 rings (SSSR count). The van der Waals surface area contributed by atoms with E-state index in [1.807, 2.05) is 0 Å². The van der Waals surface area contributed by atoms with E-state index in [2.05, 4.69) is 54.4 Å². The predicted molar refractivity (Wildman–Crippen MR) is 98.0 cm³/mol. The van der Waals surface area contributed by atoms with Crippen molar-refractivity contribution in [3.05, 3.63) is 59.2 Å². The molecule has 1 aliphatic rings. The van der Waals surface area contributed by atoms with Crippen LogP contribution in [0.2, 0.25) is 0 Å². The van der Waals surface area contributed by atoms with E-state index in [0.29, 0.717) is 6.04 Å². The molecule has 3 heteroatoms. The zero-order chi connectivity index (χ0) is 16.9. The number of nitrogens with zero attached hydrogens (tertiary/aromatic N) is 1. The van der Waals surface area contributed by atoms with E-state index in [1.54, 1.807) is 14.2 Å². The van der Waals surface area contributed by atoms with Crippen LogP contribution in [0.1, 0.15) is 35.6 Å². The van der Waals surface area contributed by atoms with Crippen molar-refractivity contribution in [1.82, 2.24) is 4.90 Å². The summed E-state index contributed by atoms with van der Waals surface area (Å²) in [6, 6.07) is 15.5. The van der Waals surface area contributed by atoms with Crippen molar-refractivity contribution in [3.8, 4) is 11.5 Å². The molecule has 1 atom stereocenters. The highest BCUT2D eigenvalue weighted by molar-refractivity contribution is 5.49. The van der Waals surface area contributed by atoms with Gasteiger partial charge in [0.1, 0.15) is 0 Å². The Morgan fingerprint density at radius 2 is 1.75 bits per heavy atom. The van der Waals surface area contributed by atoms with Gasteiger partial charge in [-0.05, 0) is 61.6 Å². The lowest BCUT2D eigenvalue weighted by atomic mass is 9.89. The van der Waals surface area contributed by atoms with Crippen molar-refractivity contribution in [1.29, 1.82) is 0 Å². The highest BCUT2D eigenvalue weighted by atomic mass is 16.5. The highest BCUT2D eigenvalue weighted by Crippen LogP contribution is 2.39. The van der Waals surface area contributed by atoms with Gasteiger partial charge in [-0.25, -0.2) is 0 Å². The van der Waals surface area contributed by atoms with Crippen LogP contribution in [0.4, 0.5) is 0 Å². The number of rotatable bonds is 6. The van der Waals surface area contributed by atoms with Crippen molar-refractivity contribution in [2.75, 3.05) is 27.8 Å². The first-order valence-corrected chi connectivity index (χ1v) is 8.72. The van der Waals surface area contributed by atoms with Crippen LogP contribution in [0.3, 0.4) is 0 Å². The van der Waals surface area contributed by atoms with Crippen molar-refractivity contribution < 1.29 is 9.47 Å². The molecule has 0 amide bonds. The van der Waals surface area contributed by atoms with Crippen molar-refractivity contribution in [2.24, 2.45) is 0 Å². The fraction of sp³-hybridized carbons (Fsp3) is 0.429. The van der Waals surface area contributed by atoms with Crippen molar-refractivity contribution in [3.63, 3.8) is 0 Å². The zero-order valence-corrected chi connectivity index (χ0v) is 14.9. The number of benzene rings is 2. The molecule has 0 N–H and O–H groups in total. The molecular formula is C21H27NO2. The normalized spacial score (nSPS) is 17.4. The zero-order valence-electron chi connectivity index (χ0n) is 14.9. The molecule has 0 radical (unpaired) electrons. The number of aryl methyl sites for hydroxylation is 1.